The summed E-state index contributed by atoms with van der Waals surface area (Å²) in [5, 5.41) is 0. The molecule has 0 aliphatic carbocycles. The molecule has 0 aliphatic heterocycles. The maximum absolute atomic E-state index is 13.2. The molecule has 9 heteroatoms. The Labute approximate surface area is 195 Å². The Hall–Kier alpha value is -0.690. The van der Waals surface area contributed by atoms with E-state index < -0.39 is 23.4 Å². The van der Waals surface area contributed by atoms with Crippen LogP contribution < -0.4 is 0 Å². The van der Waals surface area contributed by atoms with Crippen LogP contribution in [0.15, 0.2) is 30.3 Å². The van der Waals surface area contributed by atoms with Crippen LogP contribution in [0.2, 0.25) is 0 Å². The van der Waals surface area contributed by atoms with Gasteiger partial charge in [0.2, 0.25) is 0 Å². The summed E-state index contributed by atoms with van der Waals surface area (Å²) in [5.41, 5.74) is 0.899. The normalized spacial score (nSPS) is 11.6. The Morgan fingerprint density at radius 3 is 2.13 bits per heavy atom. The second kappa shape index (κ2) is 16.0. The van der Waals surface area contributed by atoms with E-state index in [9.17, 15) is 9.59 Å². The van der Waals surface area contributed by atoms with Crippen LogP contribution in [0.5, 0.6) is 0 Å². The number of amides is 1. The number of rotatable bonds is 15. The van der Waals surface area contributed by atoms with E-state index in [0.717, 1.165) is 42.8 Å². The second-order valence-electron chi connectivity index (χ2n) is 6.58. The standard InChI is InChI=1S/C21H34NO4PS3/c1-4-7-14-29-21(27-28,30-15-8-5-2)22(16-19(23)25-6-3)20(24)26-17-18-12-10-9-11-13-18/h9-13H,4-8,14-17,27H2,1-3H3. The van der Waals surface area contributed by atoms with Crippen molar-refractivity contribution in [2.24, 2.45) is 0 Å². The average Bonchev–Trinajstić information content (AvgIpc) is 2.76. The third kappa shape index (κ3) is 9.63. The molecule has 30 heavy (non-hydrogen) atoms. The summed E-state index contributed by atoms with van der Waals surface area (Å²) < 4.78 is 10.1. The summed E-state index contributed by atoms with van der Waals surface area (Å²) in [6.45, 7) is 6.30. The summed E-state index contributed by atoms with van der Waals surface area (Å²) >= 11 is 8.97. The zero-order chi connectivity index (χ0) is 22.2. The van der Waals surface area contributed by atoms with Gasteiger partial charge in [-0.2, -0.15) is 0 Å². The molecule has 0 fully saturated rings. The van der Waals surface area contributed by atoms with E-state index in [1.807, 2.05) is 30.3 Å². The third-order valence-electron chi connectivity index (χ3n) is 4.16. The van der Waals surface area contributed by atoms with Gasteiger partial charge in [-0.05, 0) is 44.2 Å². The van der Waals surface area contributed by atoms with Crippen molar-refractivity contribution in [1.82, 2.24) is 4.90 Å². The Morgan fingerprint density at radius 1 is 1.03 bits per heavy atom. The molecule has 1 aromatic carbocycles. The number of carbonyl (C=O) groups is 2. The number of unbranched alkanes of at least 4 members (excludes halogenated alkanes) is 2. The van der Waals surface area contributed by atoms with E-state index in [-0.39, 0.29) is 19.8 Å². The molecular weight excluding hydrogens is 457 g/mol. The van der Waals surface area contributed by atoms with Crippen molar-refractivity contribution < 1.29 is 19.1 Å². The van der Waals surface area contributed by atoms with Gasteiger partial charge in [0.1, 0.15) is 13.2 Å². The number of ether oxygens (including phenoxy) is 2. The predicted octanol–water partition coefficient (Wildman–Crippen LogP) is 5.74. The summed E-state index contributed by atoms with van der Waals surface area (Å²) in [7, 11) is -0.561. The van der Waals surface area contributed by atoms with E-state index in [4.69, 9.17) is 21.3 Å². The van der Waals surface area contributed by atoms with Gasteiger partial charge < -0.3 is 9.47 Å². The van der Waals surface area contributed by atoms with Crippen molar-refractivity contribution in [3.05, 3.63) is 35.9 Å². The second-order valence-corrected chi connectivity index (χ2v) is 12.1. The van der Waals surface area contributed by atoms with Crippen molar-refractivity contribution in [3.63, 3.8) is 0 Å². The first-order chi connectivity index (χ1) is 14.5. The smallest absolute Gasteiger partial charge is 0.412 e. The molecule has 1 rings (SSSR count). The largest absolute Gasteiger partial charge is 0.465 e. The van der Waals surface area contributed by atoms with E-state index >= 15 is 0 Å². The maximum atomic E-state index is 13.2. The van der Waals surface area contributed by atoms with Gasteiger partial charge in [-0.3, -0.25) is 9.69 Å². The van der Waals surface area contributed by atoms with E-state index in [2.05, 4.69) is 13.8 Å². The highest BCUT2D eigenvalue weighted by molar-refractivity contribution is 8.27. The number of esters is 1. The van der Waals surface area contributed by atoms with E-state index in [1.165, 1.54) is 4.90 Å². The first kappa shape index (κ1) is 27.3. The van der Waals surface area contributed by atoms with Gasteiger partial charge in [-0.25, -0.2) is 4.79 Å². The van der Waals surface area contributed by atoms with Gasteiger partial charge in [0.25, 0.3) is 0 Å². The SMILES string of the molecule is CCCCSC([PH2]=S)(SCCCC)N(CC(=O)OCC)C(=O)OCc1ccccc1. The molecule has 1 atom stereocenters. The van der Waals surface area contributed by atoms with Gasteiger partial charge in [0, 0.05) is 0 Å². The topological polar surface area (TPSA) is 55.8 Å². The van der Waals surface area contributed by atoms with Crippen molar-refractivity contribution in [2.45, 2.75) is 57.0 Å². The Bertz CT molecular complexity index is 638. The fraction of sp³-hybridized carbons (Fsp3) is 0.619. The molecule has 1 unspecified atom stereocenters. The maximum Gasteiger partial charge on any atom is 0.412 e. The molecule has 0 bridgehead atoms. The van der Waals surface area contributed by atoms with Gasteiger partial charge in [-0.15, -0.1) is 23.5 Å². The number of benzene rings is 1. The average molecular weight is 492 g/mol. The Morgan fingerprint density at radius 2 is 1.63 bits per heavy atom. The van der Waals surface area contributed by atoms with E-state index in [1.54, 1.807) is 30.4 Å². The lowest BCUT2D eigenvalue weighted by Crippen LogP contribution is -2.47. The molecule has 0 saturated heterocycles. The van der Waals surface area contributed by atoms with Gasteiger partial charge in [-0.1, -0.05) is 68.8 Å². The number of carbonyl (C=O) groups excluding carboxylic acids is 2. The lowest BCUT2D eigenvalue weighted by Gasteiger charge is -2.39. The monoisotopic (exact) mass is 491 g/mol. The summed E-state index contributed by atoms with van der Waals surface area (Å²) in [6, 6.07) is 9.52. The van der Waals surface area contributed by atoms with Crippen LogP contribution in [-0.2, 0) is 32.7 Å². The first-order valence-corrected chi connectivity index (χ1v) is 14.8. The van der Waals surface area contributed by atoms with Crippen molar-refractivity contribution in [2.75, 3.05) is 24.7 Å². The highest BCUT2D eigenvalue weighted by Crippen LogP contribution is 2.50. The molecule has 0 N–H and O–H groups in total. The van der Waals surface area contributed by atoms with Crippen molar-refractivity contribution in [1.29, 1.82) is 0 Å². The number of hydrogen-bond acceptors (Lipinski definition) is 7. The quantitative estimate of drug-likeness (QED) is 0.134. The Kier molecular flexibility index (Phi) is 14.6. The molecule has 0 spiro atoms. The van der Waals surface area contributed by atoms with E-state index in [0.29, 0.717) is 0 Å². The summed E-state index contributed by atoms with van der Waals surface area (Å²) in [5.74, 6) is 1.32. The molecule has 5 nitrogen and oxygen atoms in total. The van der Waals surface area contributed by atoms with Crippen LogP contribution in [0.3, 0.4) is 0 Å². The summed E-state index contributed by atoms with van der Waals surface area (Å²) in [4.78, 5) is 27.0. The molecule has 170 valence electrons. The van der Waals surface area contributed by atoms with Gasteiger partial charge >= 0.3 is 12.1 Å². The summed E-state index contributed by atoms with van der Waals surface area (Å²) in [6.07, 6.45) is 3.67. The van der Waals surface area contributed by atoms with Crippen LogP contribution >= 0.6 is 30.9 Å². The third-order valence-corrected chi connectivity index (χ3v) is 11.4. The fourth-order valence-corrected chi connectivity index (χ4v) is 8.55. The molecule has 0 aliphatic rings. The lowest BCUT2D eigenvalue weighted by atomic mass is 10.2. The molecule has 0 heterocycles. The highest BCUT2D eigenvalue weighted by Gasteiger charge is 2.41. The minimum atomic E-state index is -0.653. The molecule has 0 radical (unpaired) electrons. The molecule has 1 aromatic rings. The van der Waals surface area contributed by atoms with Crippen LogP contribution in [0.1, 0.15) is 52.0 Å². The van der Waals surface area contributed by atoms with Crippen LogP contribution in [0, 0.1) is 0 Å². The number of thioether (sulfide) groups is 2. The Balaban J connectivity index is 3.09. The van der Waals surface area contributed by atoms with Crippen LogP contribution in [-0.4, -0.2) is 45.6 Å². The molecular formula is C21H34NO4PS3. The number of hydrogen-bond donors (Lipinski definition) is 0. The molecule has 1 amide bonds. The zero-order valence-electron chi connectivity index (χ0n) is 18.1. The molecule has 0 saturated carbocycles. The lowest BCUT2D eigenvalue weighted by molar-refractivity contribution is -0.144. The minimum Gasteiger partial charge on any atom is -0.465 e. The van der Waals surface area contributed by atoms with Crippen LogP contribution in [0.25, 0.3) is 0 Å². The van der Waals surface area contributed by atoms with Gasteiger partial charge in [0.15, 0.2) is 3.94 Å². The fourth-order valence-electron chi connectivity index (χ4n) is 2.49. The number of nitrogens with zero attached hydrogens (tertiary/aromatic N) is 1. The van der Waals surface area contributed by atoms with Crippen molar-refractivity contribution in [3.8, 4) is 0 Å². The minimum absolute atomic E-state index is 0.149. The highest BCUT2D eigenvalue weighted by atomic mass is 32.4. The van der Waals surface area contributed by atoms with Gasteiger partial charge in [0.05, 0.1) is 6.61 Å². The zero-order valence-corrected chi connectivity index (χ0v) is 21.7. The van der Waals surface area contributed by atoms with Crippen LogP contribution in [0.4, 0.5) is 4.79 Å². The predicted molar refractivity (Wildman–Crippen MR) is 135 cm³/mol. The molecule has 0 aromatic heterocycles. The van der Waals surface area contributed by atoms with Crippen molar-refractivity contribution >= 4 is 54.7 Å². The first-order valence-electron chi connectivity index (χ1n) is 10.4.